The summed E-state index contributed by atoms with van der Waals surface area (Å²) < 4.78 is 23.4. The van der Waals surface area contributed by atoms with Crippen LogP contribution in [-0.4, -0.2) is 177 Å². The Bertz CT molecular complexity index is 1460. The summed E-state index contributed by atoms with van der Waals surface area (Å²) in [5, 5.41) is 108. The fraction of sp³-hybridized carbons (Fsp3) is 0.767. The number of aromatic nitrogens is 2. The molecule has 0 radical (unpaired) electrons. The van der Waals surface area contributed by atoms with Gasteiger partial charge in [-0.15, -0.1) is 0 Å². The summed E-state index contributed by atoms with van der Waals surface area (Å²) in [5.74, 6) is -0.569. The molecule has 1 aromatic heterocycles. The number of nitrogens with zero attached hydrogens (tertiary/aromatic N) is 3. The van der Waals surface area contributed by atoms with Crippen LogP contribution in [0.25, 0.3) is 0 Å². The Kier molecular flexibility index (Phi) is 14.6. The first-order valence-electron chi connectivity index (χ1n) is 17.5. The molecule has 312 valence electrons. The third-order valence-electron chi connectivity index (χ3n) is 10.1. The average Bonchev–Trinajstić information content (AvgIpc) is 3.38. The summed E-state index contributed by atoms with van der Waals surface area (Å²) >= 11 is 0. The van der Waals surface area contributed by atoms with Crippen molar-refractivity contribution < 1.29 is 64.2 Å². The molecule has 4 fully saturated rings. The quantitative estimate of drug-likeness (QED) is 0.0344. The number of carbonyl (C=O) groups excluding carboxylic acids is 1. The number of aliphatic hydroxyl groups excluding tert-OH is 6. The van der Waals surface area contributed by atoms with E-state index >= 15 is 0 Å². The number of nitrogen functional groups attached to an aromatic ring is 2. The maximum atomic E-state index is 12.1. The number of hydrogen-bond donors (Lipinski definition) is 16. The van der Waals surface area contributed by atoms with E-state index in [-0.39, 0.29) is 18.1 Å². The van der Waals surface area contributed by atoms with Crippen LogP contribution in [0.4, 0.5) is 17.6 Å². The number of aliphatic hydroxyl groups is 7. The number of piperidine rings is 1. The molecule has 0 bridgehead atoms. The van der Waals surface area contributed by atoms with Gasteiger partial charge in [-0.2, -0.15) is 0 Å². The second-order valence-corrected chi connectivity index (χ2v) is 13.7. The molecule has 0 aromatic carbocycles. The highest BCUT2D eigenvalue weighted by Gasteiger charge is 2.60. The van der Waals surface area contributed by atoms with Gasteiger partial charge < -0.3 is 104 Å². The number of nitrogens with one attached hydrogen (secondary N) is 5. The van der Waals surface area contributed by atoms with E-state index in [1.165, 1.54) is 20.4 Å². The largest absolute Gasteiger partial charge is 0.754 e. The lowest BCUT2D eigenvalue weighted by molar-refractivity contribution is -0.576. The van der Waals surface area contributed by atoms with Crippen molar-refractivity contribution in [1.82, 2.24) is 20.9 Å². The number of carbonyl (C=O) groups is 1. The standard InChI is InChI=1S/C21H39N7O12.C9H15N5O/c1-5-21(36,4-30)16(40-17-9(26-2)13(34)10(31)6(3-29)38-17)18(37-5)39-15-8(28-20(24)25)11(32)7(27-19(22)23)12(33)14(15)35;10-7-6-8(12-9(11)14(7)15)13-4-2-1-3-5-13/h4-18,26,29,31-36H,3H2,1-2H3,(H4,22,23,27)(H4,24,25,28);6H,1-5,10H2,(H2,11,12)/t5-,6-,7+,8-,9-,10-,11+,12-,13-,14+,15+,16-,17-,18-,21+;/m0./s1. The van der Waals surface area contributed by atoms with E-state index in [0.717, 1.165) is 25.9 Å². The Hall–Kier alpha value is -3.99. The fourth-order valence-corrected chi connectivity index (χ4v) is 6.98. The van der Waals surface area contributed by atoms with Gasteiger partial charge in [0, 0.05) is 13.1 Å². The highest BCUT2D eigenvalue weighted by Crippen LogP contribution is 2.38. The van der Waals surface area contributed by atoms with E-state index in [1.54, 1.807) is 6.07 Å². The maximum absolute atomic E-state index is 12.1. The second kappa shape index (κ2) is 18.3. The zero-order valence-electron chi connectivity index (χ0n) is 30.2. The van der Waals surface area contributed by atoms with E-state index in [2.05, 4.69) is 25.8 Å². The van der Waals surface area contributed by atoms with Crippen molar-refractivity contribution in [3.05, 3.63) is 11.3 Å². The molecule has 25 heteroatoms. The molecule has 1 saturated carbocycles. The molecule has 0 spiro atoms. The topological polar surface area (TPSA) is 427 Å². The molecule has 0 unspecified atom stereocenters. The summed E-state index contributed by atoms with van der Waals surface area (Å²) in [7, 11) is 1.41. The molecule has 3 saturated heterocycles. The van der Waals surface area contributed by atoms with Gasteiger partial charge in [0.15, 0.2) is 48.0 Å². The van der Waals surface area contributed by atoms with Crippen LogP contribution in [0.1, 0.15) is 26.2 Å². The Morgan fingerprint density at radius 1 is 0.982 bits per heavy atom. The molecule has 0 amide bonds. The number of hydrogen-bond acceptors (Lipinski definition) is 20. The van der Waals surface area contributed by atoms with E-state index in [9.17, 15) is 45.7 Å². The Labute approximate surface area is 315 Å². The highest BCUT2D eigenvalue weighted by atomic mass is 16.8. The first-order valence-corrected chi connectivity index (χ1v) is 17.5. The van der Waals surface area contributed by atoms with Crippen LogP contribution in [-0.2, 0) is 23.7 Å². The van der Waals surface area contributed by atoms with Gasteiger partial charge in [0.1, 0.15) is 42.7 Å². The Morgan fingerprint density at radius 3 is 2.13 bits per heavy atom. The third-order valence-corrected chi connectivity index (χ3v) is 10.1. The summed E-state index contributed by atoms with van der Waals surface area (Å²) in [6.07, 6.45) is -13.7. The molecule has 5 rings (SSSR count). The van der Waals surface area contributed by atoms with Crippen molar-refractivity contribution in [2.75, 3.05) is 43.1 Å². The number of aldehydes is 1. The van der Waals surface area contributed by atoms with Gasteiger partial charge in [0.05, 0.1) is 43.0 Å². The van der Waals surface area contributed by atoms with E-state index < -0.39 is 110 Å². The predicted molar refractivity (Wildman–Crippen MR) is 189 cm³/mol. The second-order valence-electron chi connectivity index (χ2n) is 13.7. The predicted octanol–water partition coefficient (Wildman–Crippen LogP) is -7.87. The highest BCUT2D eigenvalue weighted by molar-refractivity contribution is 5.76. The number of ether oxygens (including phenoxy) is 4. The minimum Gasteiger partial charge on any atom is -0.754 e. The summed E-state index contributed by atoms with van der Waals surface area (Å²) in [6, 6.07) is -2.38. The molecule has 25 nitrogen and oxygen atoms in total. The van der Waals surface area contributed by atoms with Crippen molar-refractivity contribution in [2.24, 2.45) is 11.5 Å². The molecule has 1 aromatic rings. The van der Waals surface area contributed by atoms with Crippen molar-refractivity contribution in [1.29, 1.82) is 10.8 Å². The molecule has 15 atom stereocenters. The molecular weight excluding hydrogens is 736 g/mol. The minimum absolute atomic E-state index is 0.0874. The van der Waals surface area contributed by atoms with Crippen LogP contribution in [0.15, 0.2) is 6.07 Å². The Balaban J connectivity index is 0.000000371. The van der Waals surface area contributed by atoms with Gasteiger partial charge in [-0.1, -0.05) is 4.98 Å². The number of likely N-dealkylation sites (N-methyl/N-ethyl adjacent to an activating group) is 1. The van der Waals surface area contributed by atoms with Gasteiger partial charge in [-0.25, -0.2) is 4.73 Å². The van der Waals surface area contributed by atoms with Crippen LogP contribution in [0.5, 0.6) is 0 Å². The Morgan fingerprint density at radius 2 is 1.58 bits per heavy atom. The minimum atomic E-state index is -2.39. The monoisotopic (exact) mass is 790 g/mol. The van der Waals surface area contributed by atoms with Crippen LogP contribution in [0.3, 0.4) is 0 Å². The SMILES string of the molecule is CN[C@@H]1[C@H](O[C@H]2[C@H](O[C@H]3[C@H](O)[C@@H](O)[C@H](NC(=N)N)[C@@H](O)[C@@H]3NC(=N)N)O[C@@H](C)[C@]2(O)C=O)O[C@@H](CO)[C@H](O)[C@H]1O.Nc1cc(N2CCCCC2)nc(N)[n+]1[O-]. The molecule has 3 aliphatic heterocycles. The molecule has 4 aliphatic rings. The van der Waals surface area contributed by atoms with Gasteiger partial charge in [0.25, 0.3) is 0 Å². The summed E-state index contributed by atoms with van der Waals surface area (Å²) in [6.45, 7) is 2.52. The van der Waals surface area contributed by atoms with Crippen LogP contribution < -0.4 is 48.5 Å². The zero-order valence-corrected chi connectivity index (χ0v) is 30.2. The van der Waals surface area contributed by atoms with Crippen molar-refractivity contribution in [3.63, 3.8) is 0 Å². The van der Waals surface area contributed by atoms with Crippen LogP contribution in [0.2, 0.25) is 0 Å². The van der Waals surface area contributed by atoms with Gasteiger partial charge >= 0.3 is 5.95 Å². The first-order chi connectivity index (χ1) is 25.9. The zero-order chi connectivity index (χ0) is 40.9. The molecule has 55 heavy (non-hydrogen) atoms. The molecule has 4 heterocycles. The van der Waals surface area contributed by atoms with Crippen LogP contribution in [0, 0.1) is 16.0 Å². The first kappa shape index (κ1) is 43.7. The summed E-state index contributed by atoms with van der Waals surface area (Å²) in [4.78, 5) is 18.2. The van der Waals surface area contributed by atoms with Crippen LogP contribution >= 0.6 is 0 Å². The van der Waals surface area contributed by atoms with E-state index in [1.807, 2.05) is 0 Å². The molecule has 20 N–H and O–H groups in total. The lowest BCUT2D eigenvalue weighted by Crippen LogP contribution is -2.73. The normalized spacial score (nSPS) is 39.0. The maximum Gasteiger partial charge on any atom is 0.346 e. The van der Waals surface area contributed by atoms with Gasteiger partial charge in [0.2, 0.25) is 0 Å². The number of nitrogens with two attached hydrogens (primary N) is 4. The van der Waals surface area contributed by atoms with E-state index in [4.69, 9.17) is 52.7 Å². The number of guanidine groups is 2. The molecule has 1 aliphatic carbocycles. The lowest BCUT2D eigenvalue weighted by Gasteiger charge is -2.47. The van der Waals surface area contributed by atoms with Crippen molar-refractivity contribution in [2.45, 2.75) is 117 Å². The fourth-order valence-electron chi connectivity index (χ4n) is 6.98. The average molecular weight is 791 g/mol. The van der Waals surface area contributed by atoms with E-state index in [0.29, 0.717) is 10.5 Å². The van der Waals surface area contributed by atoms with Gasteiger partial charge in [-0.3, -0.25) is 15.6 Å². The van der Waals surface area contributed by atoms with Crippen molar-refractivity contribution in [3.8, 4) is 0 Å². The summed E-state index contributed by atoms with van der Waals surface area (Å²) in [5.41, 5.74) is 19.4. The smallest absolute Gasteiger partial charge is 0.346 e. The van der Waals surface area contributed by atoms with Crippen molar-refractivity contribution >= 4 is 35.8 Å². The van der Waals surface area contributed by atoms with Gasteiger partial charge in [-0.05, 0) is 33.2 Å². The number of anilines is 3. The molecular formula is C30H54N12O13. The lowest BCUT2D eigenvalue weighted by atomic mass is 9.81. The number of rotatable bonds is 10. The third kappa shape index (κ3) is 9.35.